The molecule has 0 aliphatic carbocycles. The highest BCUT2D eigenvalue weighted by atomic mass is 19.1. The van der Waals surface area contributed by atoms with Gasteiger partial charge in [-0.05, 0) is 48.4 Å². The van der Waals surface area contributed by atoms with E-state index in [0.717, 1.165) is 5.56 Å². The molecule has 0 saturated carbocycles. The van der Waals surface area contributed by atoms with Crippen molar-refractivity contribution in [2.24, 2.45) is 0 Å². The Kier molecular flexibility index (Phi) is 6.84. The molecule has 158 valence electrons. The van der Waals surface area contributed by atoms with Crippen LogP contribution in [0.15, 0.2) is 40.9 Å². The Bertz CT molecular complexity index is 978. The van der Waals surface area contributed by atoms with Crippen LogP contribution in [0.25, 0.3) is 11.4 Å². The maximum atomic E-state index is 13.0. The number of nitrogens with zero attached hydrogens (tertiary/aromatic N) is 2. The molecule has 1 heterocycles. The van der Waals surface area contributed by atoms with Crippen LogP contribution in [-0.4, -0.2) is 37.4 Å². The van der Waals surface area contributed by atoms with Crippen LogP contribution < -0.4 is 14.2 Å². The standard InChI is InChI=1S/C21H21FN2O6/c1-26-16-10-13(11-17(27-2)20(16)28-3)4-9-19(25)29-12-18-23-21(24-30-18)14-5-7-15(22)8-6-14/h5-8,10-11H,4,9,12H2,1-3H3. The molecule has 2 aromatic carbocycles. The van der Waals surface area contributed by atoms with Gasteiger partial charge in [0.2, 0.25) is 11.6 Å². The number of rotatable bonds is 9. The molecule has 30 heavy (non-hydrogen) atoms. The molecule has 0 atom stereocenters. The Morgan fingerprint density at radius 2 is 1.70 bits per heavy atom. The molecule has 0 bridgehead atoms. The topological polar surface area (TPSA) is 92.9 Å². The summed E-state index contributed by atoms with van der Waals surface area (Å²) in [5, 5.41) is 3.80. The first-order chi connectivity index (χ1) is 14.5. The summed E-state index contributed by atoms with van der Waals surface area (Å²) in [5.41, 5.74) is 1.43. The molecule has 1 aromatic heterocycles. The molecule has 0 aliphatic heterocycles. The second kappa shape index (κ2) is 9.73. The van der Waals surface area contributed by atoms with Crippen LogP contribution >= 0.6 is 0 Å². The van der Waals surface area contributed by atoms with Gasteiger partial charge in [0.25, 0.3) is 5.89 Å². The number of benzene rings is 2. The molecule has 0 unspecified atom stereocenters. The minimum atomic E-state index is -0.426. The Morgan fingerprint density at radius 3 is 2.30 bits per heavy atom. The number of carbonyl (C=O) groups is 1. The Labute approximate surface area is 172 Å². The van der Waals surface area contributed by atoms with Crippen molar-refractivity contribution >= 4 is 5.97 Å². The lowest BCUT2D eigenvalue weighted by Gasteiger charge is -2.14. The summed E-state index contributed by atoms with van der Waals surface area (Å²) in [6.07, 6.45) is 0.553. The van der Waals surface area contributed by atoms with Crippen molar-refractivity contribution < 1.29 is 32.7 Å². The highest BCUT2D eigenvalue weighted by molar-refractivity contribution is 5.70. The fourth-order valence-electron chi connectivity index (χ4n) is 2.77. The number of aromatic nitrogens is 2. The maximum absolute atomic E-state index is 13.0. The molecule has 8 nitrogen and oxygen atoms in total. The monoisotopic (exact) mass is 416 g/mol. The summed E-state index contributed by atoms with van der Waals surface area (Å²) < 4.78 is 39.2. The third kappa shape index (κ3) is 5.05. The first kappa shape index (κ1) is 21.1. The number of esters is 1. The molecular formula is C21H21FN2O6. The van der Waals surface area contributed by atoms with Gasteiger partial charge in [-0.3, -0.25) is 4.79 Å². The smallest absolute Gasteiger partial charge is 0.306 e. The first-order valence-electron chi connectivity index (χ1n) is 9.07. The maximum Gasteiger partial charge on any atom is 0.306 e. The van der Waals surface area contributed by atoms with Crippen molar-refractivity contribution in [3.8, 4) is 28.6 Å². The van der Waals surface area contributed by atoms with Crippen molar-refractivity contribution in [3.05, 3.63) is 53.7 Å². The number of halogens is 1. The third-order valence-corrected chi connectivity index (χ3v) is 4.27. The quantitative estimate of drug-likeness (QED) is 0.489. The summed E-state index contributed by atoms with van der Waals surface area (Å²) in [7, 11) is 4.58. The van der Waals surface area contributed by atoms with Crippen molar-refractivity contribution in [2.45, 2.75) is 19.4 Å². The number of hydrogen-bond acceptors (Lipinski definition) is 8. The largest absolute Gasteiger partial charge is 0.493 e. The molecule has 0 saturated heterocycles. The lowest BCUT2D eigenvalue weighted by atomic mass is 10.1. The van der Waals surface area contributed by atoms with E-state index in [1.165, 1.54) is 45.6 Å². The normalized spacial score (nSPS) is 10.5. The zero-order chi connectivity index (χ0) is 21.5. The van der Waals surface area contributed by atoms with Gasteiger partial charge in [-0.15, -0.1) is 0 Å². The highest BCUT2D eigenvalue weighted by Gasteiger charge is 2.15. The lowest BCUT2D eigenvalue weighted by molar-refractivity contribution is -0.145. The molecule has 0 fully saturated rings. The summed E-state index contributed by atoms with van der Waals surface area (Å²) in [5.74, 6) is 1.17. The van der Waals surface area contributed by atoms with E-state index in [9.17, 15) is 9.18 Å². The van der Waals surface area contributed by atoms with Gasteiger partial charge in [-0.25, -0.2) is 4.39 Å². The molecular weight excluding hydrogens is 395 g/mol. The van der Waals surface area contributed by atoms with Crippen LogP contribution in [0.2, 0.25) is 0 Å². The summed E-state index contributed by atoms with van der Waals surface area (Å²) in [6.45, 7) is -0.151. The minimum Gasteiger partial charge on any atom is -0.493 e. The second-order valence-corrected chi connectivity index (χ2v) is 6.21. The van der Waals surface area contributed by atoms with Gasteiger partial charge in [0.1, 0.15) is 5.82 Å². The number of aryl methyl sites for hydroxylation is 1. The zero-order valence-corrected chi connectivity index (χ0v) is 16.8. The van der Waals surface area contributed by atoms with Gasteiger partial charge in [-0.1, -0.05) is 5.16 Å². The molecule has 0 radical (unpaired) electrons. The van der Waals surface area contributed by atoms with Crippen LogP contribution in [0.4, 0.5) is 4.39 Å². The van der Waals surface area contributed by atoms with E-state index in [4.69, 9.17) is 23.5 Å². The molecule has 0 N–H and O–H groups in total. The van der Waals surface area contributed by atoms with E-state index >= 15 is 0 Å². The molecule has 0 spiro atoms. The van der Waals surface area contributed by atoms with Crippen molar-refractivity contribution in [2.75, 3.05) is 21.3 Å². The second-order valence-electron chi connectivity index (χ2n) is 6.21. The van der Waals surface area contributed by atoms with E-state index < -0.39 is 5.97 Å². The summed E-state index contributed by atoms with van der Waals surface area (Å²) >= 11 is 0. The molecule has 9 heteroatoms. The Hall–Kier alpha value is -3.62. The van der Waals surface area contributed by atoms with E-state index in [1.807, 2.05) is 0 Å². The first-order valence-corrected chi connectivity index (χ1v) is 9.07. The summed E-state index contributed by atoms with van der Waals surface area (Å²) in [6, 6.07) is 9.23. The fourth-order valence-corrected chi connectivity index (χ4v) is 2.77. The van der Waals surface area contributed by atoms with E-state index in [0.29, 0.717) is 35.1 Å². The number of carbonyl (C=O) groups excluding carboxylic acids is 1. The lowest BCUT2D eigenvalue weighted by Crippen LogP contribution is -2.06. The molecule has 3 aromatic rings. The predicted octanol–water partition coefficient (Wildman–Crippen LogP) is 3.58. The average molecular weight is 416 g/mol. The van der Waals surface area contributed by atoms with E-state index in [-0.39, 0.29) is 24.7 Å². The van der Waals surface area contributed by atoms with Gasteiger partial charge < -0.3 is 23.5 Å². The number of ether oxygens (including phenoxy) is 4. The Morgan fingerprint density at radius 1 is 1.03 bits per heavy atom. The van der Waals surface area contributed by atoms with E-state index in [1.54, 1.807) is 12.1 Å². The number of methoxy groups -OCH3 is 3. The predicted molar refractivity (Wildman–Crippen MR) is 104 cm³/mol. The fraction of sp³-hybridized carbons (Fsp3) is 0.286. The van der Waals surface area contributed by atoms with Gasteiger partial charge in [-0.2, -0.15) is 4.98 Å². The number of hydrogen-bond donors (Lipinski definition) is 0. The summed E-state index contributed by atoms with van der Waals surface area (Å²) in [4.78, 5) is 16.2. The van der Waals surface area contributed by atoms with Gasteiger partial charge in [0.15, 0.2) is 18.1 Å². The zero-order valence-electron chi connectivity index (χ0n) is 16.8. The Balaban J connectivity index is 1.55. The minimum absolute atomic E-state index is 0.137. The van der Waals surface area contributed by atoms with Crippen LogP contribution in [-0.2, 0) is 22.6 Å². The van der Waals surface area contributed by atoms with Gasteiger partial charge in [0, 0.05) is 12.0 Å². The van der Waals surface area contributed by atoms with Crippen LogP contribution in [0.1, 0.15) is 17.9 Å². The highest BCUT2D eigenvalue weighted by Crippen LogP contribution is 2.38. The molecule has 3 rings (SSSR count). The van der Waals surface area contributed by atoms with Crippen LogP contribution in [0.5, 0.6) is 17.2 Å². The van der Waals surface area contributed by atoms with Crippen LogP contribution in [0.3, 0.4) is 0 Å². The van der Waals surface area contributed by atoms with Crippen molar-refractivity contribution in [3.63, 3.8) is 0 Å². The van der Waals surface area contributed by atoms with Gasteiger partial charge in [0.05, 0.1) is 21.3 Å². The van der Waals surface area contributed by atoms with Crippen molar-refractivity contribution in [1.29, 1.82) is 0 Å². The van der Waals surface area contributed by atoms with Gasteiger partial charge >= 0.3 is 5.97 Å². The molecule has 0 aliphatic rings. The van der Waals surface area contributed by atoms with E-state index in [2.05, 4.69) is 10.1 Å². The SMILES string of the molecule is COc1cc(CCC(=O)OCc2nc(-c3ccc(F)cc3)no2)cc(OC)c1OC. The molecule has 0 amide bonds. The van der Waals surface area contributed by atoms with Crippen LogP contribution in [0, 0.1) is 5.82 Å². The average Bonchev–Trinajstić information content (AvgIpc) is 3.24. The van der Waals surface area contributed by atoms with Crippen molar-refractivity contribution in [1.82, 2.24) is 10.1 Å². The third-order valence-electron chi connectivity index (χ3n) is 4.27.